The summed E-state index contributed by atoms with van der Waals surface area (Å²) < 4.78 is 49.2. The number of carbonyl (C=O) groups excluding carboxylic acids is 2. The van der Waals surface area contributed by atoms with Gasteiger partial charge >= 0.3 is 11.9 Å². The van der Waals surface area contributed by atoms with Gasteiger partial charge in [0.2, 0.25) is 0 Å². The number of esters is 2. The van der Waals surface area contributed by atoms with E-state index in [-0.39, 0.29) is 48.6 Å². The minimum Gasteiger partial charge on any atom is -0.446 e. The van der Waals surface area contributed by atoms with E-state index >= 15 is 0 Å². The second-order valence-electron chi connectivity index (χ2n) is 24.9. The van der Waals surface area contributed by atoms with Gasteiger partial charge in [-0.3, -0.25) is 9.59 Å². The first-order chi connectivity index (χ1) is 36.3. The molecule has 0 spiro atoms. The number of ether oxygens (including phenoxy) is 8. The largest absolute Gasteiger partial charge is 0.446 e. The maximum Gasteiger partial charge on any atom is 0.310 e. The van der Waals surface area contributed by atoms with Crippen LogP contribution in [0, 0.1) is 71.0 Å². The molecule has 6 aliphatic carbocycles. The Morgan fingerprint density at radius 2 is 0.797 bits per heavy atom. The predicted octanol–water partition coefficient (Wildman–Crippen LogP) is 14.2. The summed E-state index contributed by atoms with van der Waals surface area (Å²) in [5, 5.41) is 0. The van der Waals surface area contributed by atoms with Crippen LogP contribution < -0.4 is 0 Å². The fraction of sp³-hybridized carbons (Fsp3) is 0.906. The summed E-state index contributed by atoms with van der Waals surface area (Å²) in [7, 11) is 0. The Labute approximate surface area is 449 Å². The molecule has 8 rings (SSSR count). The highest BCUT2D eigenvalue weighted by Crippen LogP contribution is 2.47. The van der Waals surface area contributed by atoms with Gasteiger partial charge in [-0.15, -0.1) is 0 Å². The van der Waals surface area contributed by atoms with Gasteiger partial charge in [0, 0.05) is 26.4 Å². The van der Waals surface area contributed by atoms with Crippen LogP contribution in [0.2, 0.25) is 0 Å². The van der Waals surface area contributed by atoms with Crippen molar-refractivity contribution in [1.29, 1.82) is 0 Å². The molecule has 10 heteroatoms. The molecule has 0 bridgehead atoms. The number of rotatable bonds is 22. The number of hydrogen-bond donors (Lipinski definition) is 0. The lowest BCUT2D eigenvalue weighted by Gasteiger charge is -2.41. The van der Waals surface area contributed by atoms with Gasteiger partial charge in [-0.2, -0.15) is 0 Å². The Morgan fingerprint density at radius 1 is 0.432 bits per heavy atom. The Morgan fingerprint density at radius 3 is 1.15 bits per heavy atom. The molecule has 0 radical (unpaired) electrons. The standard InChI is InChI=1S/C64H102O10/c1-3-13-49-17-21-51(22-18-49)53-33-39-63(40-34-53,73-61(65)55-25-29-57(30-26-55)67-45-11-47-71-59-15-5-9-43-69-59)37-7-8-38-64(41-35-54(36-42-64)52-23-19-50(14-4-2)20-24-52)74-62(66)56-27-31-58(32-28-56)68-46-12-48-72-60-16-6-10-44-70-60/h49-60H,3-6,9-36,39-48H2,1-2H3. The van der Waals surface area contributed by atoms with E-state index in [1.807, 2.05) is 0 Å². The molecule has 10 nitrogen and oxygen atoms in total. The third kappa shape index (κ3) is 18.2. The van der Waals surface area contributed by atoms with E-state index in [2.05, 4.69) is 37.5 Å². The molecule has 8 aliphatic rings. The molecule has 74 heavy (non-hydrogen) atoms. The first-order valence-corrected chi connectivity index (χ1v) is 31.5. The van der Waals surface area contributed by atoms with Crippen molar-refractivity contribution in [2.75, 3.05) is 39.6 Å². The number of hydrogen-bond acceptors (Lipinski definition) is 10. The summed E-state index contributed by atoms with van der Waals surface area (Å²) in [4.78, 5) is 28.4. The van der Waals surface area contributed by atoms with Crippen LogP contribution in [-0.4, -0.2) is 87.6 Å². The van der Waals surface area contributed by atoms with Gasteiger partial charge in [-0.25, -0.2) is 0 Å². The summed E-state index contributed by atoms with van der Waals surface area (Å²) in [5.41, 5.74) is -1.68. The highest BCUT2D eigenvalue weighted by molar-refractivity contribution is 5.74. The smallest absolute Gasteiger partial charge is 0.310 e. The van der Waals surface area contributed by atoms with Crippen molar-refractivity contribution in [3.63, 3.8) is 0 Å². The molecular weight excluding hydrogens is 929 g/mol. The number of carbonyl (C=O) groups is 2. The van der Waals surface area contributed by atoms with E-state index in [1.165, 1.54) is 89.9 Å². The molecule has 0 aromatic rings. The van der Waals surface area contributed by atoms with Crippen LogP contribution in [0.3, 0.4) is 0 Å². The van der Waals surface area contributed by atoms with Crippen molar-refractivity contribution in [3.8, 4) is 23.7 Å². The third-order valence-corrected chi connectivity index (χ3v) is 19.6. The van der Waals surface area contributed by atoms with Gasteiger partial charge in [-0.1, -0.05) is 65.2 Å². The molecule has 2 aliphatic heterocycles. The molecule has 0 aromatic carbocycles. The summed E-state index contributed by atoms with van der Waals surface area (Å²) in [6.45, 7) is 8.86. The molecule has 0 aromatic heterocycles. The van der Waals surface area contributed by atoms with Crippen molar-refractivity contribution >= 4 is 11.9 Å². The Hall–Kier alpha value is -2.18. The Bertz CT molecular complexity index is 1610. The average molecular weight is 1030 g/mol. The molecule has 0 amide bonds. The molecule has 2 unspecified atom stereocenters. The average Bonchev–Trinajstić information content (AvgIpc) is 3.44. The summed E-state index contributed by atoms with van der Waals surface area (Å²) in [6, 6.07) is 0. The highest BCUT2D eigenvalue weighted by Gasteiger charge is 2.44. The maximum absolute atomic E-state index is 14.2. The summed E-state index contributed by atoms with van der Waals surface area (Å²) >= 11 is 0. The van der Waals surface area contributed by atoms with E-state index in [4.69, 9.17) is 37.9 Å². The van der Waals surface area contributed by atoms with Gasteiger partial charge < -0.3 is 37.9 Å². The minimum atomic E-state index is -0.841. The van der Waals surface area contributed by atoms with Crippen molar-refractivity contribution in [1.82, 2.24) is 0 Å². The monoisotopic (exact) mass is 1030 g/mol. The molecular formula is C64H102O10. The topological polar surface area (TPSA) is 108 Å². The molecule has 2 saturated heterocycles. The van der Waals surface area contributed by atoms with E-state index in [1.54, 1.807) is 0 Å². The quantitative estimate of drug-likeness (QED) is 0.0591. The first kappa shape index (κ1) is 58.0. The van der Waals surface area contributed by atoms with Gasteiger partial charge in [0.15, 0.2) is 23.8 Å². The van der Waals surface area contributed by atoms with E-state index in [0.717, 1.165) is 178 Å². The lowest BCUT2D eigenvalue weighted by molar-refractivity contribution is -0.167. The van der Waals surface area contributed by atoms with Crippen LogP contribution in [0.4, 0.5) is 0 Å². The molecule has 0 N–H and O–H groups in total. The Kier molecular flexibility index (Phi) is 24.2. The highest BCUT2D eigenvalue weighted by atomic mass is 16.7. The van der Waals surface area contributed by atoms with Crippen LogP contribution in [0.15, 0.2) is 0 Å². The SMILES string of the molecule is CCCC1CCC(C2CCC(C#CC#CC3(OC(=O)C4CCC(OCCCOC5CCCCO5)CC4)CCC(C4CCC(CCC)CC4)CC3)(OC(=O)C3CCC(OCCCOC4CCCCO4)CC3)CC2)CC1. The van der Waals surface area contributed by atoms with Crippen molar-refractivity contribution in [3.05, 3.63) is 0 Å². The van der Waals surface area contributed by atoms with Crippen LogP contribution >= 0.6 is 0 Å². The Balaban J connectivity index is 0.879. The first-order valence-electron chi connectivity index (χ1n) is 31.5. The predicted molar refractivity (Wildman–Crippen MR) is 290 cm³/mol. The van der Waals surface area contributed by atoms with E-state index < -0.39 is 11.2 Å². The van der Waals surface area contributed by atoms with Crippen molar-refractivity contribution < 1.29 is 47.5 Å². The fourth-order valence-electron chi connectivity index (χ4n) is 14.9. The van der Waals surface area contributed by atoms with Crippen molar-refractivity contribution in [2.24, 2.45) is 47.3 Å². The third-order valence-electron chi connectivity index (χ3n) is 19.6. The van der Waals surface area contributed by atoms with Crippen LogP contribution in [0.5, 0.6) is 0 Å². The van der Waals surface area contributed by atoms with Crippen LogP contribution in [0.25, 0.3) is 0 Å². The van der Waals surface area contributed by atoms with Crippen LogP contribution in [-0.2, 0) is 47.5 Å². The van der Waals surface area contributed by atoms with Gasteiger partial charge in [0.1, 0.15) is 0 Å². The molecule has 2 atom stereocenters. The summed E-state index contributed by atoms with van der Waals surface area (Å²) in [6.07, 6.45) is 38.2. The molecule has 8 fully saturated rings. The lowest BCUT2D eigenvalue weighted by atomic mass is 9.67. The normalized spacial score (nSPS) is 37.1. The molecule has 6 saturated carbocycles. The van der Waals surface area contributed by atoms with Crippen molar-refractivity contribution in [2.45, 2.75) is 281 Å². The molecule has 2 heterocycles. The molecule has 418 valence electrons. The van der Waals surface area contributed by atoms with E-state index in [9.17, 15) is 9.59 Å². The van der Waals surface area contributed by atoms with Gasteiger partial charge in [0.25, 0.3) is 0 Å². The second-order valence-corrected chi connectivity index (χ2v) is 24.9. The zero-order valence-corrected chi connectivity index (χ0v) is 46.7. The lowest BCUT2D eigenvalue weighted by Crippen LogP contribution is -2.42. The summed E-state index contributed by atoms with van der Waals surface area (Å²) in [5.74, 6) is 17.8. The maximum atomic E-state index is 14.2. The van der Waals surface area contributed by atoms with Gasteiger partial charge in [0.05, 0.1) is 37.3 Å². The second kappa shape index (κ2) is 30.8. The van der Waals surface area contributed by atoms with Gasteiger partial charge in [-0.05, 0) is 239 Å². The zero-order valence-electron chi connectivity index (χ0n) is 46.7. The van der Waals surface area contributed by atoms with Crippen LogP contribution in [0.1, 0.15) is 245 Å². The minimum absolute atomic E-state index is 0.0624. The fourth-order valence-corrected chi connectivity index (χ4v) is 14.9. The zero-order chi connectivity index (χ0) is 51.3. The van der Waals surface area contributed by atoms with E-state index in [0.29, 0.717) is 38.3 Å².